The third kappa shape index (κ3) is 2.89. The second kappa shape index (κ2) is 4.07. The maximum absolute atomic E-state index is 11.1. The lowest BCUT2D eigenvalue weighted by atomic mass is 9.99. The largest absolute Gasteiger partial charge is 0.480 e. The number of carboxylic acids is 1. The van der Waals surface area contributed by atoms with E-state index < -0.39 is 17.4 Å². The summed E-state index contributed by atoms with van der Waals surface area (Å²) >= 11 is 0. The molecular formula is C9H15NO3. The van der Waals surface area contributed by atoms with Gasteiger partial charge in [-0.05, 0) is 20.3 Å². The van der Waals surface area contributed by atoms with E-state index in [-0.39, 0.29) is 0 Å². The number of carbonyl (C=O) groups is 2. The molecule has 0 aromatic heterocycles. The first-order chi connectivity index (χ1) is 5.83. The number of amides is 1. The molecule has 0 rings (SSSR count). The highest BCUT2D eigenvalue weighted by atomic mass is 16.4. The molecule has 1 unspecified atom stereocenters. The summed E-state index contributed by atoms with van der Waals surface area (Å²) in [6, 6.07) is 0. The number of carbonyl (C=O) groups excluding carboxylic acids is 1. The van der Waals surface area contributed by atoms with E-state index in [0.29, 0.717) is 12.0 Å². The number of rotatable bonds is 4. The minimum atomic E-state index is -1.20. The van der Waals surface area contributed by atoms with Gasteiger partial charge in [-0.3, -0.25) is 4.79 Å². The Hall–Kier alpha value is -1.32. The molecule has 4 heteroatoms. The van der Waals surface area contributed by atoms with Crippen LogP contribution in [0.3, 0.4) is 0 Å². The fourth-order valence-corrected chi connectivity index (χ4v) is 0.650. The molecule has 0 saturated carbocycles. The number of hydrogen-bond donors (Lipinski definition) is 2. The molecule has 2 N–H and O–H groups in total. The van der Waals surface area contributed by atoms with Crippen LogP contribution in [0.2, 0.25) is 0 Å². The molecule has 0 radical (unpaired) electrons. The van der Waals surface area contributed by atoms with Gasteiger partial charge in [-0.1, -0.05) is 13.5 Å². The zero-order valence-electron chi connectivity index (χ0n) is 8.18. The molecule has 0 spiro atoms. The average molecular weight is 185 g/mol. The lowest BCUT2D eigenvalue weighted by Crippen LogP contribution is -2.51. The van der Waals surface area contributed by atoms with Gasteiger partial charge < -0.3 is 10.4 Å². The van der Waals surface area contributed by atoms with Crippen LogP contribution in [0.4, 0.5) is 0 Å². The Labute approximate surface area is 77.6 Å². The number of nitrogens with one attached hydrogen (secondary N) is 1. The number of hydrogen-bond acceptors (Lipinski definition) is 2. The Balaban J connectivity index is 4.55. The lowest BCUT2D eigenvalue weighted by molar-refractivity contribution is -0.146. The summed E-state index contributed by atoms with van der Waals surface area (Å²) in [5.41, 5.74) is -0.892. The van der Waals surface area contributed by atoms with Crippen molar-refractivity contribution in [3.8, 4) is 0 Å². The molecule has 13 heavy (non-hydrogen) atoms. The van der Waals surface area contributed by atoms with E-state index in [1.165, 1.54) is 13.8 Å². The van der Waals surface area contributed by atoms with Gasteiger partial charge in [-0.2, -0.15) is 0 Å². The molecule has 1 amide bonds. The molecule has 0 aromatic rings. The fourth-order valence-electron chi connectivity index (χ4n) is 0.650. The van der Waals surface area contributed by atoms with Crippen molar-refractivity contribution in [3.63, 3.8) is 0 Å². The van der Waals surface area contributed by atoms with Gasteiger partial charge in [0.15, 0.2) is 0 Å². The van der Waals surface area contributed by atoms with Crippen molar-refractivity contribution in [2.45, 2.75) is 32.7 Å². The summed E-state index contributed by atoms with van der Waals surface area (Å²) in [6.07, 6.45) is 0.335. The molecule has 0 bridgehead atoms. The van der Waals surface area contributed by atoms with Crippen molar-refractivity contribution in [1.29, 1.82) is 0 Å². The quantitative estimate of drug-likeness (QED) is 0.640. The zero-order chi connectivity index (χ0) is 10.6. The number of carboxylic acid groups (broad SMARTS) is 1. The summed E-state index contributed by atoms with van der Waals surface area (Å²) in [6.45, 7) is 8.13. The molecule has 0 aromatic carbocycles. The van der Waals surface area contributed by atoms with Gasteiger partial charge in [-0.25, -0.2) is 4.79 Å². The lowest BCUT2D eigenvalue weighted by Gasteiger charge is -2.24. The van der Waals surface area contributed by atoms with E-state index >= 15 is 0 Å². The molecule has 0 fully saturated rings. The van der Waals surface area contributed by atoms with Crippen LogP contribution in [-0.2, 0) is 9.59 Å². The average Bonchev–Trinajstić information content (AvgIpc) is 2.03. The van der Waals surface area contributed by atoms with Crippen molar-refractivity contribution >= 4 is 11.9 Å². The highest BCUT2D eigenvalue weighted by Gasteiger charge is 2.32. The molecule has 1 atom stereocenters. The van der Waals surface area contributed by atoms with E-state index in [1.807, 2.05) is 0 Å². The SMILES string of the molecule is C=C(C)C(=O)NC(C)(CC)C(=O)O. The summed E-state index contributed by atoms with van der Waals surface area (Å²) in [5, 5.41) is 11.2. The van der Waals surface area contributed by atoms with Crippen LogP contribution in [0.1, 0.15) is 27.2 Å². The minimum Gasteiger partial charge on any atom is -0.480 e. The third-order valence-electron chi connectivity index (χ3n) is 1.96. The predicted molar refractivity (Wildman–Crippen MR) is 49.3 cm³/mol. The highest BCUT2D eigenvalue weighted by molar-refractivity contribution is 5.96. The maximum atomic E-state index is 11.1. The van der Waals surface area contributed by atoms with Gasteiger partial charge in [0.1, 0.15) is 5.54 Å². The molecule has 0 aliphatic carbocycles. The second-order valence-electron chi connectivity index (χ2n) is 3.23. The van der Waals surface area contributed by atoms with E-state index in [9.17, 15) is 9.59 Å². The number of aliphatic carboxylic acids is 1. The normalized spacial score (nSPS) is 14.4. The Kier molecular flexibility index (Phi) is 3.66. The zero-order valence-corrected chi connectivity index (χ0v) is 8.18. The topological polar surface area (TPSA) is 66.4 Å². The standard InChI is InChI=1S/C9H15NO3/c1-5-9(4,8(12)13)10-7(11)6(2)3/h2,5H2,1,3-4H3,(H,10,11)(H,12,13). The Morgan fingerprint density at radius 3 is 2.23 bits per heavy atom. The van der Waals surface area contributed by atoms with Crippen molar-refractivity contribution in [1.82, 2.24) is 5.32 Å². The fraction of sp³-hybridized carbons (Fsp3) is 0.556. The molecule has 4 nitrogen and oxygen atoms in total. The Bertz CT molecular complexity index is 247. The molecule has 0 heterocycles. The van der Waals surface area contributed by atoms with Crippen LogP contribution in [0.25, 0.3) is 0 Å². The first-order valence-corrected chi connectivity index (χ1v) is 4.05. The smallest absolute Gasteiger partial charge is 0.329 e. The Morgan fingerprint density at radius 2 is 2.00 bits per heavy atom. The Morgan fingerprint density at radius 1 is 1.54 bits per heavy atom. The first-order valence-electron chi connectivity index (χ1n) is 4.05. The van der Waals surface area contributed by atoms with Gasteiger partial charge in [0.05, 0.1) is 0 Å². The maximum Gasteiger partial charge on any atom is 0.329 e. The van der Waals surface area contributed by atoms with Crippen molar-refractivity contribution in [3.05, 3.63) is 12.2 Å². The van der Waals surface area contributed by atoms with Crippen LogP contribution in [-0.4, -0.2) is 22.5 Å². The minimum absolute atomic E-state index is 0.306. The monoisotopic (exact) mass is 185 g/mol. The van der Waals surface area contributed by atoms with Crippen molar-refractivity contribution in [2.75, 3.05) is 0 Å². The van der Waals surface area contributed by atoms with E-state index in [4.69, 9.17) is 5.11 Å². The van der Waals surface area contributed by atoms with E-state index in [2.05, 4.69) is 11.9 Å². The summed E-state index contributed by atoms with van der Waals surface area (Å²) in [7, 11) is 0. The van der Waals surface area contributed by atoms with Crippen molar-refractivity contribution < 1.29 is 14.7 Å². The van der Waals surface area contributed by atoms with E-state index in [0.717, 1.165) is 0 Å². The van der Waals surface area contributed by atoms with Crippen LogP contribution < -0.4 is 5.32 Å². The van der Waals surface area contributed by atoms with Crippen LogP contribution in [0, 0.1) is 0 Å². The van der Waals surface area contributed by atoms with Gasteiger partial charge in [0.2, 0.25) is 5.91 Å². The molecular weight excluding hydrogens is 170 g/mol. The second-order valence-corrected chi connectivity index (χ2v) is 3.23. The van der Waals surface area contributed by atoms with Gasteiger partial charge >= 0.3 is 5.97 Å². The summed E-state index contributed by atoms with van der Waals surface area (Å²) < 4.78 is 0. The molecule has 0 aliphatic heterocycles. The van der Waals surface area contributed by atoms with Crippen LogP contribution in [0.15, 0.2) is 12.2 Å². The van der Waals surface area contributed by atoms with Gasteiger partial charge in [0.25, 0.3) is 0 Å². The van der Waals surface area contributed by atoms with Crippen molar-refractivity contribution in [2.24, 2.45) is 0 Å². The predicted octanol–water partition coefficient (Wildman–Crippen LogP) is 0.932. The van der Waals surface area contributed by atoms with Crippen LogP contribution >= 0.6 is 0 Å². The molecule has 0 saturated heterocycles. The van der Waals surface area contributed by atoms with Gasteiger partial charge in [-0.15, -0.1) is 0 Å². The van der Waals surface area contributed by atoms with E-state index in [1.54, 1.807) is 6.92 Å². The molecule has 74 valence electrons. The summed E-state index contributed by atoms with van der Waals surface area (Å²) in [4.78, 5) is 21.9. The third-order valence-corrected chi connectivity index (χ3v) is 1.96. The highest BCUT2D eigenvalue weighted by Crippen LogP contribution is 2.09. The molecule has 0 aliphatic rings. The van der Waals surface area contributed by atoms with Crippen LogP contribution in [0.5, 0.6) is 0 Å². The summed E-state index contributed by atoms with van der Waals surface area (Å²) in [5.74, 6) is -1.46. The van der Waals surface area contributed by atoms with Gasteiger partial charge in [0, 0.05) is 5.57 Å². The first kappa shape index (κ1) is 11.7.